The van der Waals surface area contributed by atoms with Crippen LogP contribution in [0.3, 0.4) is 0 Å². The summed E-state index contributed by atoms with van der Waals surface area (Å²) in [6.45, 7) is 0. The van der Waals surface area contributed by atoms with E-state index in [1.165, 1.54) is 0 Å². The predicted octanol–water partition coefficient (Wildman–Crippen LogP) is 2.38. The highest BCUT2D eigenvalue weighted by atomic mass is 14.7. The zero-order valence-electron chi connectivity index (χ0n) is 7.85. The van der Waals surface area contributed by atoms with Crippen molar-refractivity contribution in [1.29, 1.82) is 10.5 Å². The molecule has 1 atom stereocenters. The summed E-state index contributed by atoms with van der Waals surface area (Å²) in [5.41, 5.74) is 0.799. The molecule has 0 radical (unpaired) electrons. The fourth-order valence-electron chi connectivity index (χ4n) is 1.25. The Bertz CT molecular complexity index is 345. The molecule has 1 unspecified atom stereocenters. The van der Waals surface area contributed by atoms with Gasteiger partial charge in [0.2, 0.25) is 0 Å². The van der Waals surface area contributed by atoms with Crippen LogP contribution in [0, 0.1) is 22.7 Å². The average Bonchev–Trinajstić information content (AvgIpc) is 2.26. The van der Waals surface area contributed by atoms with E-state index < -0.39 is 0 Å². The van der Waals surface area contributed by atoms with E-state index in [9.17, 15) is 0 Å². The number of hydrogen-bond acceptors (Lipinski definition) is 3. The number of rotatable bonds is 4. The van der Waals surface area contributed by atoms with Crippen LogP contribution in [-0.4, -0.2) is 4.98 Å². The number of nitriles is 2. The highest BCUT2D eigenvalue weighted by Crippen LogP contribution is 2.18. The molecule has 3 heteroatoms. The van der Waals surface area contributed by atoms with Crippen molar-refractivity contribution >= 4 is 0 Å². The van der Waals surface area contributed by atoms with Crippen LogP contribution in [0.2, 0.25) is 0 Å². The van der Waals surface area contributed by atoms with Gasteiger partial charge in [-0.3, -0.25) is 4.98 Å². The average molecular weight is 185 g/mol. The largest absolute Gasteiger partial charge is 0.260 e. The lowest BCUT2D eigenvalue weighted by atomic mass is 10.00. The molecule has 1 rings (SSSR count). The first-order valence-electron chi connectivity index (χ1n) is 4.56. The number of aromatic nitrogens is 1. The second kappa shape index (κ2) is 5.72. The molecular formula is C11H11N3. The lowest BCUT2D eigenvalue weighted by Gasteiger charge is -2.05. The Kier molecular flexibility index (Phi) is 4.17. The highest BCUT2D eigenvalue weighted by molar-refractivity contribution is 5.16. The molecule has 3 nitrogen and oxygen atoms in total. The van der Waals surface area contributed by atoms with Gasteiger partial charge in [0.1, 0.15) is 0 Å². The van der Waals surface area contributed by atoms with Gasteiger partial charge in [0.25, 0.3) is 0 Å². The van der Waals surface area contributed by atoms with Gasteiger partial charge >= 0.3 is 0 Å². The summed E-state index contributed by atoms with van der Waals surface area (Å²) < 4.78 is 0. The third kappa shape index (κ3) is 2.88. The molecule has 0 aliphatic rings. The molecule has 0 aliphatic carbocycles. The van der Waals surface area contributed by atoms with Gasteiger partial charge in [-0.1, -0.05) is 6.07 Å². The van der Waals surface area contributed by atoms with Gasteiger partial charge in [-0.25, -0.2) is 0 Å². The molecule has 0 bridgehead atoms. The third-order valence-electron chi connectivity index (χ3n) is 1.98. The molecule has 0 amide bonds. The van der Waals surface area contributed by atoms with Crippen molar-refractivity contribution in [2.75, 3.05) is 0 Å². The Morgan fingerprint density at radius 2 is 2.21 bits per heavy atom. The summed E-state index contributed by atoms with van der Waals surface area (Å²) >= 11 is 0. The number of unbranched alkanes of at least 4 members (excludes halogenated alkanes) is 1. The number of nitrogens with zero attached hydrogens (tertiary/aromatic N) is 3. The molecule has 0 saturated heterocycles. The van der Waals surface area contributed by atoms with E-state index in [2.05, 4.69) is 17.1 Å². The zero-order valence-corrected chi connectivity index (χ0v) is 7.85. The molecule has 14 heavy (non-hydrogen) atoms. The van der Waals surface area contributed by atoms with E-state index in [0.29, 0.717) is 12.8 Å². The monoisotopic (exact) mass is 185 g/mol. The predicted molar refractivity (Wildman–Crippen MR) is 52.1 cm³/mol. The van der Waals surface area contributed by atoms with Crippen LogP contribution in [-0.2, 0) is 0 Å². The van der Waals surface area contributed by atoms with Crippen molar-refractivity contribution < 1.29 is 0 Å². The fraction of sp³-hybridized carbons (Fsp3) is 0.364. The lowest BCUT2D eigenvalue weighted by molar-refractivity contribution is 0.682. The van der Waals surface area contributed by atoms with E-state index in [4.69, 9.17) is 10.5 Å². The molecule has 0 fully saturated rings. The van der Waals surface area contributed by atoms with Crippen LogP contribution < -0.4 is 0 Å². The van der Waals surface area contributed by atoms with E-state index in [1.54, 1.807) is 6.20 Å². The van der Waals surface area contributed by atoms with E-state index in [0.717, 1.165) is 12.1 Å². The molecule has 70 valence electrons. The van der Waals surface area contributed by atoms with Gasteiger partial charge in [-0.05, 0) is 25.0 Å². The Labute approximate surface area is 83.6 Å². The summed E-state index contributed by atoms with van der Waals surface area (Å²) in [7, 11) is 0. The second-order valence-electron chi connectivity index (χ2n) is 2.99. The summed E-state index contributed by atoms with van der Waals surface area (Å²) in [5.74, 6) is -0.176. The molecule has 0 spiro atoms. The third-order valence-corrected chi connectivity index (χ3v) is 1.98. The Hall–Kier alpha value is -1.87. The topological polar surface area (TPSA) is 60.5 Å². The van der Waals surface area contributed by atoms with Gasteiger partial charge in [0, 0.05) is 12.6 Å². The van der Waals surface area contributed by atoms with Crippen molar-refractivity contribution in [3.05, 3.63) is 30.1 Å². The summed E-state index contributed by atoms with van der Waals surface area (Å²) in [6.07, 6.45) is 3.65. The summed E-state index contributed by atoms with van der Waals surface area (Å²) in [4.78, 5) is 4.12. The minimum atomic E-state index is -0.176. The van der Waals surface area contributed by atoms with Crippen molar-refractivity contribution in [3.63, 3.8) is 0 Å². The van der Waals surface area contributed by atoms with Crippen LogP contribution in [0.5, 0.6) is 0 Å². The van der Waals surface area contributed by atoms with E-state index in [-0.39, 0.29) is 5.92 Å². The summed E-state index contributed by atoms with van der Waals surface area (Å²) in [5, 5.41) is 17.3. The van der Waals surface area contributed by atoms with Crippen LogP contribution >= 0.6 is 0 Å². The minimum Gasteiger partial charge on any atom is -0.260 e. The Balaban J connectivity index is 2.57. The number of pyridine rings is 1. The SMILES string of the molecule is N#CCCCC(C#N)c1ccccn1. The van der Waals surface area contributed by atoms with Gasteiger partial charge in [0.05, 0.1) is 23.8 Å². The van der Waals surface area contributed by atoms with Gasteiger partial charge in [-0.2, -0.15) is 10.5 Å². The molecule has 0 N–H and O–H groups in total. The van der Waals surface area contributed by atoms with Crippen molar-refractivity contribution in [2.45, 2.75) is 25.2 Å². The molecule has 1 aromatic heterocycles. The normalized spacial score (nSPS) is 11.3. The van der Waals surface area contributed by atoms with Crippen molar-refractivity contribution in [2.24, 2.45) is 0 Å². The first-order chi connectivity index (χ1) is 6.88. The lowest BCUT2D eigenvalue weighted by Crippen LogP contribution is -1.98. The van der Waals surface area contributed by atoms with E-state index >= 15 is 0 Å². The van der Waals surface area contributed by atoms with Crippen LogP contribution in [0.15, 0.2) is 24.4 Å². The minimum absolute atomic E-state index is 0.176. The van der Waals surface area contributed by atoms with Crippen molar-refractivity contribution in [1.82, 2.24) is 4.98 Å². The van der Waals surface area contributed by atoms with Crippen LogP contribution in [0.4, 0.5) is 0 Å². The molecule has 0 aliphatic heterocycles. The van der Waals surface area contributed by atoms with Crippen molar-refractivity contribution in [3.8, 4) is 12.1 Å². The molecule has 0 saturated carbocycles. The quantitative estimate of drug-likeness (QED) is 0.676. The van der Waals surface area contributed by atoms with Crippen LogP contribution in [0.1, 0.15) is 30.9 Å². The maximum atomic E-state index is 8.91. The Morgan fingerprint density at radius 3 is 2.79 bits per heavy atom. The molecule has 1 aromatic rings. The first-order valence-corrected chi connectivity index (χ1v) is 4.56. The Morgan fingerprint density at radius 1 is 1.36 bits per heavy atom. The molecular weight excluding hydrogens is 174 g/mol. The van der Waals surface area contributed by atoms with Gasteiger partial charge in [0.15, 0.2) is 0 Å². The zero-order chi connectivity index (χ0) is 10.2. The van der Waals surface area contributed by atoms with E-state index in [1.807, 2.05) is 18.2 Å². The summed E-state index contributed by atoms with van der Waals surface area (Å²) in [6, 6.07) is 9.82. The maximum absolute atomic E-state index is 8.91. The molecule has 1 heterocycles. The highest BCUT2D eigenvalue weighted by Gasteiger charge is 2.10. The standard InChI is InChI=1S/C11H11N3/c12-7-3-1-5-10(9-13)11-6-2-4-8-14-11/h2,4,6,8,10H,1,3,5H2. The second-order valence-corrected chi connectivity index (χ2v) is 2.99. The van der Waals surface area contributed by atoms with Crippen LogP contribution in [0.25, 0.3) is 0 Å². The van der Waals surface area contributed by atoms with Gasteiger partial charge < -0.3 is 0 Å². The maximum Gasteiger partial charge on any atom is 0.0885 e. The fourth-order valence-corrected chi connectivity index (χ4v) is 1.25. The molecule has 0 aromatic carbocycles. The van der Waals surface area contributed by atoms with Gasteiger partial charge in [-0.15, -0.1) is 0 Å². The smallest absolute Gasteiger partial charge is 0.0885 e. The first kappa shape index (κ1) is 10.2. The number of hydrogen-bond donors (Lipinski definition) is 0.